The third kappa shape index (κ3) is 2.50. The monoisotopic (exact) mass is 299 g/mol. The number of aryl methyl sites for hydroxylation is 2. The van der Waals surface area contributed by atoms with E-state index in [1.807, 2.05) is 29.8 Å². The summed E-state index contributed by atoms with van der Waals surface area (Å²) in [5.41, 5.74) is 2.88. The largest absolute Gasteiger partial charge is 0.478 e. The van der Waals surface area contributed by atoms with Gasteiger partial charge in [-0.05, 0) is 30.7 Å². The molecule has 0 amide bonds. The fourth-order valence-corrected chi connectivity index (χ4v) is 3.02. The lowest BCUT2D eigenvalue weighted by Gasteiger charge is -2.05. The van der Waals surface area contributed by atoms with E-state index in [9.17, 15) is 9.90 Å². The molecule has 0 saturated carbocycles. The minimum atomic E-state index is -0.918. The highest BCUT2D eigenvalue weighted by atomic mass is 32.2. The van der Waals surface area contributed by atoms with Gasteiger partial charge < -0.3 is 9.67 Å². The van der Waals surface area contributed by atoms with Crippen LogP contribution in [0.25, 0.3) is 11.0 Å². The van der Waals surface area contributed by atoms with Crippen LogP contribution >= 0.6 is 11.8 Å². The predicted molar refractivity (Wildman–Crippen MR) is 80.8 cm³/mol. The highest BCUT2D eigenvalue weighted by Gasteiger charge is 2.12. The summed E-state index contributed by atoms with van der Waals surface area (Å²) in [5, 5.41) is 9.96. The summed E-state index contributed by atoms with van der Waals surface area (Å²) >= 11 is 1.42. The van der Waals surface area contributed by atoms with Gasteiger partial charge in [0.25, 0.3) is 0 Å². The van der Waals surface area contributed by atoms with Gasteiger partial charge in [-0.1, -0.05) is 17.8 Å². The van der Waals surface area contributed by atoms with Crippen molar-refractivity contribution in [1.82, 2.24) is 14.5 Å². The van der Waals surface area contributed by atoms with Crippen molar-refractivity contribution in [3.8, 4) is 0 Å². The molecule has 2 aromatic heterocycles. The number of pyridine rings is 1. The van der Waals surface area contributed by atoms with Crippen LogP contribution in [0.1, 0.15) is 15.9 Å². The van der Waals surface area contributed by atoms with E-state index in [0.717, 1.165) is 26.5 Å². The molecule has 0 spiro atoms. The Hall–Kier alpha value is -2.34. The zero-order valence-electron chi connectivity index (χ0n) is 11.6. The van der Waals surface area contributed by atoms with Gasteiger partial charge in [0.2, 0.25) is 0 Å². The summed E-state index contributed by atoms with van der Waals surface area (Å²) < 4.78 is 1.93. The number of carboxylic acids is 1. The first-order valence-corrected chi connectivity index (χ1v) is 7.16. The first-order chi connectivity index (χ1) is 10.1. The van der Waals surface area contributed by atoms with Crippen LogP contribution in [0.2, 0.25) is 0 Å². The molecule has 0 aliphatic heterocycles. The van der Waals surface area contributed by atoms with Crippen molar-refractivity contribution in [2.24, 2.45) is 7.05 Å². The number of nitrogens with zero attached hydrogens (tertiary/aromatic N) is 3. The molecule has 21 heavy (non-hydrogen) atoms. The molecule has 1 N–H and O–H groups in total. The normalized spacial score (nSPS) is 11.0. The molecule has 2 heterocycles. The Balaban J connectivity index is 2.03. The topological polar surface area (TPSA) is 68.0 Å². The molecule has 0 aliphatic rings. The van der Waals surface area contributed by atoms with Gasteiger partial charge >= 0.3 is 5.97 Å². The van der Waals surface area contributed by atoms with Gasteiger partial charge in [0.1, 0.15) is 10.5 Å². The van der Waals surface area contributed by atoms with Gasteiger partial charge in [0, 0.05) is 18.1 Å². The number of carboxylic acid groups (broad SMARTS) is 1. The van der Waals surface area contributed by atoms with E-state index in [2.05, 4.69) is 9.97 Å². The lowest BCUT2D eigenvalue weighted by atomic mass is 10.1. The van der Waals surface area contributed by atoms with Crippen LogP contribution in [-0.4, -0.2) is 25.6 Å². The van der Waals surface area contributed by atoms with E-state index in [1.165, 1.54) is 11.8 Å². The van der Waals surface area contributed by atoms with Crippen molar-refractivity contribution in [2.45, 2.75) is 16.8 Å². The van der Waals surface area contributed by atoms with Crippen molar-refractivity contribution >= 4 is 28.8 Å². The first kappa shape index (κ1) is 13.6. The highest BCUT2D eigenvalue weighted by molar-refractivity contribution is 7.99. The van der Waals surface area contributed by atoms with Gasteiger partial charge in [-0.3, -0.25) is 0 Å². The third-order valence-electron chi connectivity index (χ3n) is 3.26. The molecule has 0 fully saturated rings. The summed E-state index contributed by atoms with van der Waals surface area (Å²) in [5.74, 6) is -0.918. The average Bonchev–Trinajstić information content (AvgIpc) is 2.84. The molecule has 0 radical (unpaired) electrons. The van der Waals surface area contributed by atoms with Gasteiger partial charge in [-0.25, -0.2) is 14.8 Å². The second-order valence-corrected chi connectivity index (χ2v) is 5.79. The Morgan fingerprint density at radius 3 is 2.86 bits per heavy atom. The van der Waals surface area contributed by atoms with E-state index >= 15 is 0 Å². The molecule has 6 heteroatoms. The molecule has 1 aromatic carbocycles. The summed E-state index contributed by atoms with van der Waals surface area (Å²) in [6.45, 7) is 1.79. The van der Waals surface area contributed by atoms with E-state index < -0.39 is 5.97 Å². The summed E-state index contributed by atoms with van der Waals surface area (Å²) in [4.78, 5) is 20.7. The fourth-order valence-electron chi connectivity index (χ4n) is 2.12. The number of imidazole rings is 1. The molecule has 3 aromatic rings. The quantitative estimate of drug-likeness (QED) is 0.804. The SMILES string of the molecule is Cc1ccc(Sc2nccc3c2ncn3C)cc1C(=O)O. The molecular formula is C15H13N3O2S. The molecular weight excluding hydrogens is 286 g/mol. The lowest BCUT2D eigenvalue weighted by Crippen LogP contribution is -1.99. The van der Waals surface area contributed by atoms with Crippen LogP contribution in [-0.2, 0) is 7.05 Å². The maximum Gasteiger partial charge on any atom is 0.335 e. The van der Waals surface area contributed by atoms with E-state index in [4.69, 9.17) is 0 Å². The molecule has 0 bridgehead atoms. The summed E-state index contributed by atoms with van der Waals surface area (Å²) in [6.07, 6.45) is 3.48. The van der Waals surface area contributed by atoms with Crippen molar-refractivity contribution < 1.29 is 9.90 Å². The van der Waals surface area contributed by atoms with Crippen molar-refractivity contribution in [3.05, 3.63) is 47.9 Å². The van der Waals surface area contributed by atoms with E-state index in [0.29, 0.717) is 5.56 Å². The summed E-state index contributed by atoms with van der Waals surface area (Å²) in [6, 6.07) is 7.29. The van der Waals surface area contributed by atoms with Gasteiger partial charge in [0.15, 0.2) is 0 Å². The van der Waals surface area contributed by atoms with Crippen molar-refractivity contribution in [2.75, 3.05) is 0 Å². The van der Waals surface area contributed by atoms with Crippen molar-refractivity contribution in [3.63, 3.8) is 0 Å². The van der Waals surface area contributed by atoms with Crippen LogP contribution in [0.5, 0.6) is 0 Å². The van der Waals surface area contributed by atoms with Gasteiger partial charge in [0.05, 0.1) is 17.4 Å². The zero-order valence-corrected chi connectivity index (χ0v) is 12.4. The minimum Gasteiger partial charge on any atom is -0.478 e. The minimum absolute atomic E-state index is 0.313. The average molecular weight is 299 g/mol. The molecule has 0 atom stereocenters. The third-order valence-corrected chi connectivity index (χ3v) is 4.25. The Morgan fingerprint density at radius 1 is 1.29 bits per heavy atom. The maximum absolute atomic E-state index is 11.2. The standard InChI is InChI=1S/C15H13N3O2S/c1-9-3-4-10(7-11(9)15(19)20)21-14-13-12(5-6-16-14)18(2)8-17-13/h3-8H,1-2H3,(H,19,20). The van der Waals surface area contributed by atoms with Gasteiger partial charge in [-0.2, -0.15) is 0 Å². The molecule has 0 saturated heterocycles. The van der Waals surface area contributed by atoms with E-state index in [-0.39, 0.29) is 0 Å². The van der Waals surface area contributed by atoms with Crippen LogP contribution < -0.4 is 0 Å². The van der Waals surface area contributed by atoms with Crippen LogP contribution in [0.4, 0.5) is 0 Å². The zero-order chi connectivity index (χ0) is 15.0. The molecule has 5 nitrogen and oxygen atoms in total. The number of fused-ring (bicyclic) bond motifs is 1. The van der Waals surface area contributed by atoms with Gasteiger partial charge in [-0.15, -0.1) is 0 Å². The summed E-state index contributed by atoms with van der Waals surface area (Å²) in [7, 11) is 1.93. The van der Waals surface area contributed by atoms with Crippen LogP contribution in [0, 0.1) is 6.92 Å². The number of aromatic carboxylic acids is 1. The molecule has 106 valence electrons. The fraction of sp³-hybridized carbons (Fsp3) is 0.133. The number of rotatable bonds is 3. The Labute approximate surface area is 125 Å². The smallest absolute Gasteiger partial charge is 0.335 e. The van der Waals surface area contributed by atoms with Crippen LogP contribution in [0.15, 0.2) is 46.7 Å². The Bertz CT molecular complexity index is 842. The van der Waals surface area contributed by atoms with Crippen LogP contribution in [0.3, 0.4) is 0 Å². The number of benzene rings is 1. The predicted octanol–water partition coefficient (Wildman–Crippen LogP) is 3.13. The molecule has 0 unspecified atom stereocenters. The number of hydrogen-bond donors (Lipinski definition) is 1. The molecule has 3 rings (SSSR count). The van der Waals surface area contributed by atoms with Crippen molar-refractivity contribution in [1.29, 1.82) is 0 Å². The Morgan fingerprint density at radius 2 is 2.10 bits per heavy atom. The first-order valence-electron chi connectivity index (χ1n) is 6.34. The maximum atomic E-state index is 11.2. The Kier molecular flexibility index (Phi) is 3.39. The lowest BCUT2D eigenvalue weighted by molar-refractivity contribution is 0.0696. The second-order valence-electron chi connectivity index (χ2n) is 4.72. The highest BCUT2D eigenvalue weighted by Crippen LogP contribution is 2.31. The molecule has 0 aliphatic carbocycles. The second kappa shape index (κ2) is 5.21. The number of hydrogen-bond acceptors (Lipinski definition) is 4. The number of carbonyl (C=O) groups is 1. The van der Waals surface area contributed by atoms with E-state index in [1.54, 1.807) is 25.5 Å². The number of aromatic nitrogens is 3.